The minimum Gasteiger partial charge on any atom is -0.378 e. The fourth-order valence-corrected chi connectivity index (χ4v) is 2.72. The molecular formula is C16H19N5O4. The number of ether oxygens (including phenoxy) is 1. The molecule has 0 saturated carbocycles. The number of anilines is 2. The van der Waals surface area contributed by atoms with Crippen molar-refractivity contribution in [2.75, 3.05) is 36.5 Å². The lowest BCUT2D eigenvalue weighted by Crippen LogP contribution is -2.36. The molecule has 1 aliphatic rings. The Morgan fingerprint density at radius 2 is 2.00 bits per heavy atom. The van der Waals surface area contributed by atoms with Crippen LogP contribution >= 0.6 is 0 Å². The molecule has 0 radical (unpaired) electrons. The summed E-state index contributed by atoms with van der Waals surface area (Å²) in [5, 5.41) is 13.7. The molecule has 1 fully saturated rings. The summed E-state index contributed by atoms with van der Waals surface area (Å²) in [5.41, 5.74) is 1.71. The summed E-state index contributed by atoms with van der Waals surface area (Å²) < 4.78 is 6.60. The number of rotatable bonds is 5. The van der Waals surface area contributed by atoms with Gasteiger partial charge in [0.15, 0.2) is 12.4 Å². The Morgan fingerprint density at radius 1 is 1.32 bits per heavy atom. The van der Waals surface area contributed by atoms with Crippen LogP contribution in [0, 0.1) is 17.0 Å². The monoisotopic (exact) mass is 345 g/mol. The van der Waals surface area contributed by atoms with Gasteiger partial charge >= 0.3 is 5.82 Å². The standard InChI is InChI=1S/C16H19N5O4/c1-12-17-10-16(21(23)24)20(12)11-15(22)18-13-2-4-14(5-3-13)19-6-8-25-9-7-19/h2-5,10H,6-9,11H2,1H3,(H,18,22). The number of nitrogens with zero attached hydrogens (tertiary/aromatic N) is 4. The minimum absolute atomic E-state index is 0.159. The second-order valence-corrected chi connectivity index (χ2v) is 5.70. The van der Waals surface area contributed by atoms with E-state index in [-0.39, 0.29) is 18.3 Å². The fourth-order valence-electron chi connectivity index (χ4n) is 2.72. The molecule has 0 atom stereocenters. The number of aromatic nitrogens is 2. The van der Waals surface area contributed by atoms with Crippen molar-refractivity contribution >= 4 is 23.1 Å². The van der Waals surface area contributed by atoms with Crippen molar-refractivity contribution in [2.24, 2.45) is 0 Å². The van der Waals surface area contributed by atoms with E-state index < -0.39 is 4.92 Å². The van der Waals surface area contributed by atoms with Crippen molar-refractivity contribution in [2.45, 2.75) is 13.5 Å². The average Bonchev–Trinajstić information content (AvgIpc) is 2.97. The summed E-state index contributed by atoms with van der Waals surface area (Å²) in [5.74, 6) is -0.122. The molecule has 0 bridgehead atoms. The molecule has 1 saturated heterocycles. The SMILES string of the molecule is Cc1ncc([N+](=O)[O-])n1CC(=O)Nc1ccc(N2CCOCC2)cc1. The molecule has 1 aromatic heterocycles. The van der Waals surface area contributed by atoms with Crippen LogP contribution in [-0.4, -0.2) is 46.7 Å². The van der Waals surface area contributed by atoms with Gasteiger partial charge < -0.3 is 25.1 Å². The molecule has 0 unspecified atom stereocenters. The van der Waals surface area contributed by atoms with E-state index in [1.54, 1.807) is 6.92 Å². The zero-order valence-electron chi connectivity index (χ0n) is 13.8. The van der Waals surface area contributed by atoms with Gasteiger partial charge in [-0.1, -0.05) is 0 Å². The molecular weight excluding hydrogens is 326 g/mol. The quantitative estimate of drug-likeness (QED) is 0.652. The van der Waals surface area contributed by atoms with Crippen molar-refractivity contribution in [3.8, 4) is 0 Å². The molecule has 2 aromatic rings. The van der Waals surface area contributed by atoms with E-state index in [0.717, 1.165) is 25.0 Å². The van der Waals surface area contributed by atoms with Crippen LogP contribution in [0.15, 0.2) is 30.5 Å². The van der Waals surface area contributed by atoms with Gasteiger partial charge in [-0.3, -0.25) is 4.79 Å². The van der Waals surface area contributed by atoms with E-state index in [0.29, 0.717) is 24.7 Å². The summed E-state index contributed by atoms with van der Waals surface area (Å²) in [6.07, 6.45) is 1.15. The summed E-state index contributed by atoms with van der Waals surface area (Å²) in [4.78, 5) is 28.7. The lowest BCUT2D eigenvalue weighted by atomic mass is 10.2. The second kappa shape index (κ2) is 7.31. The molecule has 2 heterocycles. The first-order valence-corrected chi connectivity index (χ1v) is 7.94. The van der Waals surface area contributed by atoms with E-state index in [2.05, 4.69) is 15.2 Å². The summed E-state index contributed by atoms with van der Waals surface area (Å²) >= 11 is 0. The molecule has 25 heavy (non-hydrogen) atoms. The van der Waals surface area contributed by atoms with Gasteiger partial charge in [-0.05, 0) is 29.2 Å². The van der Waals surface area contributed by atoms with Gasteiger partial charge in [0.25, 0.3) is 5.91 Å². The zero-order chi connectivity index (χ0) is 17.8. The summed E-state index contributed by atoms with van der Waals surface area (Å²) in [6, 6.07) is 7.51. The number of carbonyl (C=O) groups is 1. The number of hydrogen-bond donors (Lipinski definition) is 1. The van der Waals surface area contributed by atoms with Crippen LogP contribution in [0.5, 0.6) is 0 Å². The van der Waals surface area contributed by atoms with E-state index in [9.17, 15) is 14.9 Å². The van der Waals surface area contributed by atoms with Gasteiger partial charge in [-0.2, -0.15) is 0 Å². The molecule has 9 nitrogen and oxygen atoms in total. The van der Waals surface area contributed by atoms with Crippen LogP contribution < -0.4 is 10.2 Å². The maximum atomic E-state index is 12.2. The molecule has 1 N–H and O–H groups in total. The number of hydrogen-bond acceptors (Lipinski definition) is 6. The largest absolute Gasteiger partial charge is 0.378 e. The smallest absolute Gasteiger partial charge is 0.343 e. The average molecular weight is 345 g/mol. The number of aryl methyl sites for hydroxylation is 1. The van der Waals surface area contributed by atoms with Gasteiger partial charge in [-0.15, -0.1) is 0 Å². The van der Waals surface area contributed by atoms with E-state index in [4.69, 9.17) is 4.74 Å². The van der Waals surface area contributed by atoms with E-state index in [1.165, 1.54) is 4.57 Å². The Labute approximate surface area is 144 Å². The molecule has 0 aliphatic carbocycles. The lowest BCUT2D eigenvalue weighted by Gasteiger charge is -2.28. The number of nitro groups is 1. The van der Waals surface area contributed by atoms with Crippen molar-refractivity contribution < 1.29 is 14.5 Å². The maximum absolute atomic E-state index is 12.2. The van der Waals surface area contributed by atoms with Crippen molar-refractivity contribution in [3.63, 3.8) is 0 Å². The fraction of sp³-hybridized carbons (Fsp3) is 0.375. The first kappa shape index (κ1) is 16.9. The highest BCUT2D eigenvalue weighted by atomic mass is 16.6. The third-order valence-electron chi connectivity index (χ3n) is 4.05. The van der Waals surface area contributed by atoms with Gasteiger partial charge in [0.05, 0.1) is 13.2 Å². The Kier molecular flexibility index (Phi) is 4.94. The van der Waals surface area contributed by atoms with Gasteiger partial charge in [0.2, 0.25) is 0 Å². The Hall–Kier alpha value is -2.94. The lowest BCUT2D eigenvalue weighted by molar-refractivity contribution is -0.392. The predicted octanol–water partition coefficient (Wildman–Crippen LogP) is 1.58. The molecule has 1 aliphatic heterocycles. The number of benzene rings is 1. The van der Waals surface area contributed by atoms with Crippen LogP contribution in [0.25, 0.3) is 0 Å². The Bertz CT molecular complexity index is 765. The van der Waals surface area contributed by atoms with Crippen LogP contribution in [0.3, 0.4) is 0 Å². The molecule has 0 spiro atoms. The van der Waals surface area contributed by atoms with Gasteiger partial charge in [0, 0.05) is 31.4 Å². The molecule has 1 aromatic carbocycles. The minimum atomic E-state index is -0.551. The van der Waals surface area contributed by atoms with Crippen molar-refractivity contribution in [1.29, 1.82) is 0 Å². The molecule has 9 heteroatoms. The number of amides is 1. The van der Waals surface area contributed by atoms with Crippen molar-refractivity contribution in [3.05, 3.63) is 46.4 Å². The first-order valence-electron chi connectivity index (χ1n) is 7.94. The van der Waals surface area contributed by atoms with E-state index >= 15 is 0 Å². The normalized spacial score (nSPS) is 14.4. The molecule has 132 valence electrons. The third kappa shape index (κ3) is 3.94. The number of morpholine rings is 1. The summed E-state index contributed by atoms with van der Waals surface area (Å²) in [6.45, 7) is 4.57. The first-order chi connectivity index (χ1) is 12.0. The van der Waals surface area contributed by atoms with E-state index in [1.807, 2.05) is 24.3 Å². The van der Waals surface area contributed by atoms with Gasteiger partial charge in [-0.25, -0.2) is 9.55 Å². The summed E-state index contributed by atoms with van der Waals surface area (Å²) in [7, 11) is 0. The molecule has 3 rings (SSSR count). The van der Waals surface area contributed by atoms with Crippen LogP contribution in [0.1, 0.15) is 5.82 Å². The third-order valence-corrected chi connectivity index (χ3v) is 4.05. The van der Waals surface area contributed by atoms with Crippen LogP contribution in [0.2, 0.25) is 0 Å². The number of nitrogens with one attached hydrogen (secondary N) is 1. The topological polar surface area (TPSA) is 103 Å². The number of imidazole rings is 1. The zero-order valence-corrected chi connectivity index (χ0v) is 13.8. The Morgan fingerprint density at radius 3 is 2.64 bits per heavy atom. The van der Waals surface area contributed by atoms with Gasteiger partial charge in [0.1, 0.15) is 6.20 Å². The number of carbonyl (C=O) groups excluding carboxylic acids is 1. The highest BCUT2D eigenvalue weighted by Gasteiger charge is 2.20. The maximum Gasteiger partial charge on any atom is 0.343 e. The molecule has 1 amide bonds. The second-order valence-electron chi connectivity index (χ2n) is 5.70. The highest BCUT2D eigenvalue weighted by Crippen LogP contribution is 2.19. The predicted molar refractivity (Wildman–Crippen MR) is 91.7 cm³/mol. The van der Waals surface area contributed by atoms with Crippen LogP contribution in [0.4, 0.5) is 17.2 Å². The highest BCUT2D eigenvalue weighted by molar-refractivity contribution is 5.91. The Balaban J connectivity index is 1.63. The van der Waals surface area contributed by atoms with Crippen molar-refractivity contribution in [1.82, 2.24) is 9.55 Å². The van der Waals surface area contributed by atoms with Crippen LogP contribution in [-0.2, 0) is 16.1 Å².